The van der Waals surface area contributed by atoms with Crippen LogP contribution >= 0.6 is 11.8 Å². The first-order valence-electron chi connectivity index (χ1n) is 8.46. The molecule has 0 aliphatic rings. The summed E-state index contributed by atoms with van der Waals surface area (Å²) in [6.07, 6.45) is 1.73. The van der Waals surface area contributed by atoms with E-state index in [1.54, 1.807) is 18.4 Å². The van der Waals surface area contributed by atoms with E-state index < -0.39 is 30.1 Å². The number of anilines is 1. The Kier molecular flexibility index (Phi) is 6.06. The molecule has 0 aliphatic carbocycles. The molecule has 8 nitrogen and oxygen atoms in total. The minimum Gasteiger partial charge on any atom is -0.455 e. The number of fused-ring (bicyclic) bond motifs is 1. The lowest BCUT2D eigenvalue weighted by molar-refractivity contribution is -0.146. The molecule has 2 aromatic heterocycles. The van der Waals surface area contributed by atoms with E-state index in [4.69, 9.17) is 4.74 Å². The summed E-state index contributed by atoms with van der Waals surface area (Å²) in [4.78, 5) is 32.7. The standard InChI is InChI=1S/C18H17F2N5O3S/c1-9-12(10(2)25-17(21-9)23-18(24-25)29-3)7-16(27)28-8-15(26)22-14-5-4-11(19)6-13(14)20/h4-6H,7-8H2,1-3H3,(H,22,26). The first kappa shape index (κ1) is 20.6. The number of aromatic nitrogens is 4. The van der Waals surface area contributed by atoms with Gasteiger partial charge < -0.3 is 10.1 Å². The Bertz CT molecular complexity index is 1100. The molecular weight excluding hydrogens is 404 g/mol. The second-order valence-electron chi connectivity index (χ2n) is 6.08. The molecular formula is C18H17F2N5O3S. The van der Waals surface area contributed by atoms with Gasteiger partial charge in [0.15, 0.2) is 6.61 Å². The van der Waals surface area contributed by atoms with E-state index in [-0.39, 0.29) is 12.1 Å². The van der Waals surface area contributed by atoms with Crippen LogP contribution in [0.4, 0.5) is 14.5 Å². The van der Waals surface area contributed by atoms with Crippen molar-refractivity contribution in [1.29, 1.82) is 0 Å². The van der Waals surface area contributed by atoms with Crippen molar-refractivity contribution in [3.63, 3.8) is 0 Å². The van der Waals surface area contributed by atoms with Crippen LogP contribution < -0.4 is 5.32 Å². The van der Waals surface area contributed by atoms with Crippen LogP contribution in [0.25, 0.3) is 5.78 Å². The number of benzene rings is 1. The van der Waals surface area contributed by atoms with Crippen molar-refractivity contribution in [1.82, 2.24) is 19.6 Å². The molecule has 0 fully saturated rings. The molecule has 152 valence electrons. The molecule has 0 saturated carbocycles. The minimum atomic E-state index is -0.923. The van der Waals surface area contributed by atoms with Crippen molar-refractivity contribution in [3.05, 3.63) is 46.8 Å². The average Bonchev–Trinajstić information content (AvgIpc) is 3.09. The number of nitrogens with one attached hydrogen (secondary N) is 1. The van der Waals surface area contributed by atoms with Crippen molar-refractivity contribution in [3.8, 4) is 0 Å². The first-order chi connectivity index (χ1) is 13.8. The molecule has 0 atom stereocenters. The van der Waals surface area contributed by atoms with Crippen LogP contribution in [0.15, 0.2) is 23.4 Å². The van der Waals surface area contributed by atoms with Crippen molar-refractivity contribution in [2.45, 2.75) is 25.4 Å². The lowest BCUT2D eigenvalue weighted by atomic mass is 10.1. The highest BCUT2D eigenvalue weighted by atomic mass is 32.2. The smallest absolute Gasteiger partial charge is 0.310 e. The fourth-order valence-corrected chi connectivity index (χ4v) is 2.99. The van der Waals surface area contributed by atoms with Crippen LogP contribution in [0.2, 0.25) is 0 Å². The van der Waals surface area contributed by atoms with E-state index in [0.29, 0.717) is 34.0 Å². The molecule has 0 saturated heterocycles. The van der Waals surface area contributed by atoms with Crippen LogP contribution in [-0.4, -0.2) is 44.3 Å². The van der Waals surface area contributed by atoms with Gasteiger partial charge in [-0.1, -0.05) is 11.8 Å². The third-order valence-electron chi connectivity index (χ3n) is 4.10. The minimum absolute atomic E-state index is 0.118. The fourth-order valence-electron chi connectivity index (χ4n) is 2.65. The van der Waals surface area contributed by atoms with Gasteiger partial charge in [-0.3, -0.25) is 9.59 Å². The highest BCUT2D eigenvalue weighted by molar-refractivity contribution is 7.98. The summed E-state index contributed by atoms with van der Waals surface area (Å²) < 4.78 is 33.0. The van der Waals surface area contributed by atoms with Gasteiger partial charge in [0, 0.05) is 23.0 Å². The molecule has 1 aromatic carbocycles. The number of thioether (sulfide) groups is 1. The SMILES string of the molecule is CSc1nc2nc(C)c(CC(=O)OCC(=O)Nc3ccc(F)cc3F)c(C)n2n1. The second kappa shape index (κ2) is 8.52. The summed E-state index contributed by atoms with van der Waals surface area (Å²) in [6.45, 7) is 2.92. The molecule has 1 amide bonds. The van der Waals surface area contributed by atoms with E-state index in [1.807, 2.05) is 6.26 Å². The summed E-state index contributed by atoms with van der Waals surface area (Å²) in [5.74, 6) is -2.65. The Hall–Kier alpha value is -3.08. The average molecular weight is 421 g/mol. The van der Waals surface area contributed by atoms with Crippen molar-refractivity contribution in [2.75, 3.05) is 18.2 Å². The number of ether oxygens (including phenoxy) is 1. The quantitative estimate of drug-likeness (QED) is 0.482. The van der Waals surface area contributed by atoms with Gasteiger partial charge in [-0.05, 0) is 32.2 Å². The highest BCUT2D eigenvalue weighted by Crippen LogP contribution is 2.18. The normalized spacial score (nSPS) is 10.9. The highest BCUT2D eigenvalue weighted by Gasteiger charge is 2.17. The third-order valence-corrected chi connectivity index (χ3v) is 4.64. The number of carbonyl (C=O) groups is 2. The number of amides is 1. The van der Waals surface area contributed by atoms with Crippen LogP contribution in [0.3, 0.4) is 0 Å². The Morgan fingerprint density at radius 2 is 2.00 bits per heavy atom. The maximum absolute atomic E-state index is 13.6. The van der Waals surface area contributed by atoms with Gasteiger partial charge in [-0.2, -0.15) is 4.98 Å². The molecule has 3 rings (SSSR count). The lowest BCUT2D eigenvalue weighted by Gasteiger charge is -2.11. The van der Waals surface area contributed by atoms with Crippen molar-refractivity contribution < 1.29 is 23.1 Å². The van der Waals surface area contributed by atoms with Crippen molar-refractivity contribution >= 4 is 35.1 Å². The number of hydrogen-bond acceptors (Lipinski definition) is 7. The van der Waals surface area contributed by atoms with Gasteiger partial charge in [0.2, 0.25) is 5.16 Å². The monoisotopic (exact) mass is 421 g/mol. The number of halogens is 2. The number of carbonyl (C=O) groups excluding carboxylic acids is 2. The number of esters is 1. The van der Waals surface area contributed by atoms with Crippen molar-refractivity contribution in [2.24, 2.45) is 0 Å². The van der Waals surface area contributed by atoms with Crippen LogP contribution in [0, 0.1) is 25.5 Å². The zero-order valence-corrected chi connectivity index (χ0v) is 16.6. The predicted molar refractivity (Wildman–Crippen MR) is 102 cm³/mol. The number of rotatable bonds is 6. The molecule has 29 heavy (non-hydrogen) atoms. The second-order valence-corrected chi connectivity index (χ2v) is 6.85. The molecule has 0 unspecified atom stereocenters. The third kappa shape index (κ3) is 4.67. The lowest BCUT2D eigenvalue weighted by Crippen LogP contribution is -2.22. The molecule has 2 heterocycles. The number of aryl methyl sites for hydroxylation is 2. The largest absolute Gasteiger partial charge is 0.455 e. The topological polar surface area (TPSA) is 98.5 Å². The van der Waals surface area contributed by atoms with Crippen LogP contribution in [0.5, 0.6) is 0 Å². The van der Waals surface area contributed by atoms with Gasteiger partial charge in [-0.25, -0.2) is 18.3 Å². The molecule has 3 aromatic rings. The summed E-state index contributed by atoms with van der Waals surface area (Å²) >= 11 is 1.38. The molecule has 11 heteroatoms. The van der Waals surface area contributed by atoms with E-state index in [2.05, 4.69) is 20.4 Å². The van der Waals surface area contributed by atoms with E-state index in [0.717, 1.165) is 12.1 Å². The summed E-state index contributed by atoms with van der Waals surface area (Å²) in [5, 5.41) is 7.08. The summed E-state index contributed by atoms with van der Waals surface area (Å²) in [7, 11) is 0. The molecule has 0 aliphatic heterocycles. The van der Waals surface area contributed by atoms with Gasteiger partial charge >= 0.3 is 5.97 Å². The Morgan fingerprint density at radius 1 is 1.24 bits per heavy atom. The maximum Gasteiger partial charge on any atom is 0.310 e. The van der Waals surface area contributed by atoms with E-state index in [1.165, 1.54) is 11.8 Å². The van der Waals surface area contributed by atoms with Gasteiger partial charge in [0.05, 0.1) is 12.1 Å². The zero-order chi connectivity index (χ0) is 21.1. The molecule has 0 bridgehead atoms. The fraction of sp³-hybridized carbons (Fsp3) is 0.278. The van der Waals surface area contributed by atoms with Gasteiger partial charge in [0.1, 0.15) is 11.6 Å². The Balaban J connectivity index is 1.64. The first-order valence-corrected chi connectivity index (χ1v) is 9.68. The summed E-state index contributed by atoms with van der Waals surface area (Å²) in [6, 6.07) is 2.73. The summed E-state index contributed by atoms with van der Waals surface area (Å²) in [5.41, 5.74) is 1.70. The van der Waals surface area contributed by atoms with Crippen LogP contribution in [0.1, 0.15) is 17.0 Å². The maximum atomic E-state index is 13.6. The Morgan fingerprint density at radius 3 is 2.69 bits per heavy atom. The molecule has 1 N–H and O–H groups in total. The zero-order valence-electron chi connectivity index (χ0n) is 15.8. The Labute approximate surface area is 168 Å². The van der Waals surface area contributed by atoms with Gasteiger partial charge in [-0.15, -0.1) is 5.10 Å². The van der Waals surface area contributed by atoms with E-state index >= 15 is 0 Å². The predicted octanol–water partition coefficient (Wildman–Crippen LogP) is 2.47. The number of nitrogens with zero attached hydrogens (tertiary/aromatic N) is 4. The molecule has 0 spiro atoms. The van der Waals surface area contributed by atoms with Crippen LogP contribution in [-0.2, 0) is 20.7 Å². The molecule has 0 radical (unpaired) electrons. The number of hydrogen-bond donors (Lipinski definition) is 1. The van der Waals surface area contributed by atoms with Gasteiger partial charge in [0.25, 0.3) is 11.7 Å². The van der Waals surface area contributed by atoms with E-state index in [9.17, 15) is 18.4 Å².